The number of aromatic amines is 1. The van der Waals surface area contributed by atoms with Gasteiger partial charge >= 0.3 is 0 Å². The molecule has 1 aromatic heterocycles. The molecule has 2 aliphatic heterocycles. The Labute approximate surface area is 118 Å². The number of aromatic nitrogens is 2. The van der Waals surface area contributed by atoms with Gasteiger partial charge in [0.15, 0.2) is 5.82 Å². The first-order chi connectivity index (χ1) is 9.81. The number of nitrogens with zero attached hydrogens (tertiary/aromatic N) is 1. The molecular weight excluding hydrogens is 258 g/mol. The molecule has 0 aromatic carbocycles. The van der Waals surface area contributed by atoms with Crippen LogP contribution in [0.3, 0.4) is 0 Å². The zero-order valence-corrected chi connectivity index (χ0v) is 11.6. The average Bonchev–Trinajstić information content (AvgIpc) is 3.11. The van der Waals surface area contributed by atoms with Crippen LogP contribution in [0.15, 0.2) is 6.07 Å². The lowest BCUT2D eigenvalue weighted by atomic mass is 9.97. The van der Waals surface area contributed by atoms with Gasteiger partial charge in [0.2, 0.25) is 5.91 Å². The fraction of sp³-hybridized carbons (Fsp3) is 0.714. The van der Waals surface area contributed by atoms with Crippen molar-refractivity contribution in [3.63, 3.8) is 0 Å². The van der Waals surface area contributed by atoms with Crippen LogP contribution in [0.2, 0.25) is 0 Å². The summed E-state index contributed by atoms with van der Waals surface area (Å²) < 4.78 is 10.6. The van der Waals surface area contributed by atoms with E-state index in [1.165, 1.54) is 0 Å². The summed E-state index contributed by atoms with van der Waals surface area (Å²) >= 11 is 0. The summed E-state index contributed by atoms with van der Waals surface area (Å²) in [4.78, 5) is 11.9. The Hall–Kier alpha value is -1.40. The minimum absolute atomic E-state index is 0.0190. The number of hydrogen-bond acceptors (Lipinski definition) is 4. The summed E-state index contributed by atoms with van der Waals surface area (Å²) in [6.45, 7) is 3.07. The SMILES string of the molecule is O=C(C[C@H]1CCOC1)Nc1cc(C2CCOCC2)[nH]n1. The Morgan fingerprint density at radius 3 is 2.85 bits per heavy atom. The monoisotopic (exact) mass is 279 g/mol. The molecule has 1 atom stereocenters. The normalized spacial score (nSPS) is 23.9. The molecule has 0 saturated carbocycles. The molecule has 6 heteroatoms. The van der Waals surface area contributed by atoms with E-state index in [0.29, 0.717) is 30.7 Å². The number of nitrogens with one attached hydrogen (secondary N) is 2. The Morgan fingerprint density at radius 2 is 2.10 bits per heavy atom. The van der Waals surface area contributed by atoms with E-state index in [2.05, 4.69) is 15.5 Å². The second-order valence-corrected chi connectivity index (χ2v) is 5.58. The molecule has 0 aliphatic carbocycles. The van der Waals surface area contributed by atoms with E-state index in [1.807, 2.05) is 6.07 Å². The number of carbonyl (C=O) groups is 1. The van der Waals surface area contributed by atoms with Crippen LogP contribution in [0.25, 0.3) is 0 Å². The molecule has 0 spiro atoms. The molecule has 0 radical (unpaired) electrons. The van der Waals surface area contributed by atoms with Crippen LogP contribution in [-0.2, 0) is 14.3 Å². The zero-order chi connectivity index (χ0) is 13.8. The Bertz CT molecular complexity index is 448. The van der Waals surface area contributed by atoms with E-state index in [1.54, 1.807) is 0 Å². The fourth-order valence-corrected chi connectivity index (χ4v) is 2.82. The smallest absolute Gasteiger partial charge is 0.225 e. The van der Waals surface area contributed by atoms with Crippen molar-refractivity contribution in [1.29, 1.82) is 0 Å². The van der Waals surface area contributed by atoms with Gasteiger partial charge in [-0.25, -0.2) is 0 Å². The van der Waals surface area contributed by atoms with Gasteiger partial charge in [-0.05, 0) is 25.2 Å². The van der Waals surface area contributed by atoms with Gasteiger partial charge in [-0.1, -0.05) is 0 Å². The lowest BCUT2D eigenvalue weighted by Crippen LogP contribution is -2.16. The zero-order valence-electron chi connectivity index (χ0n) is 11.6. The molecule has 0 bridgehead atoms. The summed E-state index contributed by atoms with van der Waals surface area (Å²) in [5, 5.41) is 10.1. The molecule has 2 N–H and O–H groups in total. The Kier molecular flexibility index (Phi) is 4.32. The van der Waals surface area contributed by atoms with Crippen molar-refractivity contribution in [3.05, 3.63) is 11.8 Å². The fourth-order valence-electron chi connectivity index (χ4n) is 2.82. The second-order valence-electron chi connectivity index (χ2n) is 5.58. The summed E-state index contributed by atoms with van der Waals surface area (Å²) in [6, 6.07) is 1.94. The van der Waals surface area contributed by atoms with Crippen LogP contribution in [0.1, 0.15) is 37.3 Å². The van der Waals surface area contributed by atoms with Gasteiger partial charge in [0.1, 0.15) is 0 Å². The maximum Gasteiger partial charge on any atom is 0.225 e. The highest BCUT2D eigenvalue weighted by atomic mass is 16.5. The molecule has 3 rings (SSSR count). The molecule has 1 amide bonds. The molecule has 0 unspecified atom stereocenters. The quantitative estimate of drug-likeness (QED) is 0.879. The maximum absolute atomic E-state index is 11.9. The minimum atomic E-state index is 0.0190. The largest absolute Gasteiger partial charge is 0.381 e. The number of carbonyl (C=O) groups excluding carboxylic acids is 1. The first-order valence-corrected chi connectivity index (χ1v) is 7.32. The summed E-state index contributed by atoms with van der Waals surface area (Å²) in [5.74, 6) is 1.45. The van der Waals surface area contributed by atoms with Crippen molar-refractivity contribution in [3.8, 4) is 0 Å². The number of amides is 1. The van der Waals surface area contributed by atoms with Crippen molar-refractivity contribution >= 4 is 11.7 Å². The van der Waals surface area contributed by atoms with E-state index in [9.17, 15) is 4.79 Å². The van der Waals surface area contributed by atoms with Gasteiger partial charge in [0.25, 0.3) is 0 Å². The number of H-pyrrole nitrogens is 1. The van der Waals surface area contributed by atoms with Crippen molar-refractivity contribution in [2.45, 2.75) is 31.6 Å². The van der Waals surface area contributed by atoms with Gasteiger partial charge in [0, 0.05) is 50.5 Å². The number of anilines is 1. The van der Waals surface area contributed by atoms with Crippen LogP contribution >= 0.6 is 0 Å². The highest BCUT2D eigenvalue weighted by molar-refractivity contribution is 5.89. The third-order valence-corrected chi connectivity index (χ3v) is 4.02. The van der Waals surface area contributed by atoms with Gasteiger partial charge in [-0.2, -0.15) is 5.10 Å². The van der Waals surface area contributed by atoms with Gasteiger partial charge in [-0.3, -0.25) is 9.89 Å². The summed E-state index contributed by atoms with van der Waals surface area (Å²) in [5.41, 5.74) is 1.09. The van der Waals surface area contributed by atoms with Crippen LogP contribution in [0, 0.1) is 5.92 Å². The van der Waals surface area contributed by atoms with E-state index in [0.717, 1.165) is 44.8 Å². The molecule has 20 heavy (non-hydrogen) atoms. The van der Waals surface area contributed by atoms with Crippen molar-refractivity contribution in [1.82, 2.24) is 10.2 Å². The Balaban J connectivity index is 1.52. The third kappa shape index (κ3) is 3.37. The lowest BCUT2D eigenvalue weighted by molar-refractivity contribution is -0.117. The van der Waals surface area contributed by atoms with Gasteiger partial charge in [-0.15, -0.1) is 0 Å². The standard InChI is InChI=1S/C14H21N3O3/c18-14(7-10-1-4-20-9-10)15-13-8-12(16-17-13)11-2-5-19-6-3-11/h8,10-11H,1-7,9H2,(H2,15,16,17,18)/t10-/m1/s1. The molecule has 110 valence electrons. The highest BCUT2D eigenvalue weighted by Gasteiger charge is 2.21. The van der Waals surface area contributed by atoms with E-state index < -0.39 is 0 Å². The van der Waals surface area contributed by atoms with Crippen LogP contribution in [0.4, 0.5) is 5.82 Å². The van der Waals surface area contributed by atoms with Crippen LogP contribution in [-0.4, -0.2) is 42.5 Å². The van der Waals surface area contributed by atoms with E-state index in [-0.39, 0.29) is 5.91 Å². The van der Waals surface area contributed by atoms with Crippen molar-refractivity contribution in [2.75, 3.05) is 31.7 Å². The first kappa shape index (κ1) is 13.6. The van der Waals surface area contributed by atoms with Crippen molar-refractivity contribution in [2.24, 2.45) is 5.92 Å². The molecule has 2 fully saturated rings. The highest BCUT2D eigenvalue weighted by Crippen LogP contribution is 2.26. The molecule has 2 aliphatic rings. The van der Waals surface area contributed by atoms with Gasteiger partial charge in [0.05, 0.1) is 0 Å². The third-order valence-electron chi connectivity index (χ3n) is 4.02. The van der Waals surface area contributed by atoms with Gasteiger partial charge < -0.3 is 14.8 Å². The molecular formula is C14H21N3O3. The van der Waals surface area contributed by atoms with Crippen LogP contribution in [0.5, 0.6) is 0 Å². The number of ether oxygens (including phenoxy) is 2. The van der Waals surface area contributed by atoms with E-state index in [4.69, 9.17) is 9.47 Å². The van der Waals surface area contributed by atoms with E-state index >= 15 is 0 Å². The predicted octanol–water partition coefficient (Wildman–Crippen LogP) is 1.67. The number of hydrogen-bond donors (Lipinski definition) is 2. The second kappa shape index (κ2) is 6.37. The molecule has 3 heterocycles. The topological polar surface area (TPSA) is 76.2 Å². The molecule has 2 saturated heterocycles. The summed E-state index contributed by atoms with van der Waals surface area (Å²) in [7, 11) is 0. The maximum atomic E-state index is 11.9. The van der Waals surface area contributed by atoms with Crippen molar-refractivity contribution < 1.29 is 14.3 Å². The first-order valence-electron chi connectivity index (χ1n) is 7.32. The lowest BCUT2D eigenvalue weighted by Gasteiger charge is -2.20. The molecule has 6 nitrogen and oxygen atoms in total. The number of rotatable bonds is 4. The summed E-state index contributed by atoms with van der Waals surface area (Å²) in [6.07, 6.45) is 3.50. The predicted molar refractivity (Wildman–Crippen MR) is 73.6 cm³/mol. The average molecular weight is 279 g/mol. The molecule has 1 aromatic rings. The minimum Gasteiger partial charge on any atom is -0.381 e. The Morgan fingerprint density at radius 1 is 1.30 bits per heavy atom. The van der Waals surface area contributed by atoms with Crippen LogP contribution < -0.4 is 5.32 Å².